The van der Waals surface area contributed by atoms with Crippen molar-refractivity contribution in [2.75, 3.05) is 5.12 Å². The molecule has 0 unspecified atom stereocenters. The molecule has 0 saturated heterocycles. The molecule has 2 N–H and O–H groups in total. The fourth-order valence-electron chi connectivity index (χ4n) is 2.58. The molecule has 2 aromatic carbocycles. The molecule has 1 aromatic heterocycles. The molecule has 1 amide bonds. The summed E-state index contributed by atoms with van der Waals surface area (Å²) in [5.74, 6) is 5.08. The summed E-state index contributed by atoms with van der Waals surface area (Å²) in [6.07, 6.45) is 0. The van der Waals surface area contributed by atoms with E-state index in [2.05, 4.69) is 5.10 Å². The molecule has 0 atom stereocenters. The third-order valence-electron chi connectivity index (χ3n) is 3.83. The first kappa shape index (κ1) is 17.1. The number of hydrogen-bond donors (Lipinski definition) is 1. The first-order chi connectivity index (χ1) is 12.5. The molecule has 0 aliphatic heterocycles. The van der Waals surface area contributed by atoms with Crippen LogP contribution in [0.15, 0.2) is 65.5 Å². The third-order valence-corrected chi connectivity index (χ3v) is 3.83. The van der Waals surface area contributed by atoms with Gasteiger partial charge in [-0.2, -0.15) is 10.4 Å². The fourth-order valence-corrected chi connectivity index (χ4v) is 2.58. The molecule has 7 nitrogen and oxygen atoms in total. The maximum absolute atomic E-state index is 12.7. The van der Waals surface area contributed by atoms with Crippen LogP contribution in [0.2, 0.25) is 0 Å². The molecule has 1 heterocycles. The van der Waals surface area contributed by atoms with Crippen molar-refractivity contribution in [3.8, 4) is 28.5 Å². The summed E-state index contributed by atoms with van der Waals surface area (Å²) in [7, 11) is 0. The van der Waals surface area contributed by atoms with E-state index in [1.165, 1.54) is 6.92 Å². The Bertz CT molecular complexity index is 1050. The van der Waals surface area contributed by atoms with Crippen LogP contribution in [-0.4, -0.2) is 15.8 Å². The maximum atomic E-state index is 12.7. The van der Waals surface area contributed by atoms with Crippen LogP contribution in [0.4, 0.5) is 0 Å². The summed E-state index contributed by atoms with van der Waals surface area (Å²) in [6, 6.07) is 20.1. The van der Waals surface area contributed by atoms with Crippen molar-refractivity contribution in [3.63, 3.8) is 0 Å². The lowest BCUT2D eigenvalue weighted by molar-refractivity contribution is -0.118. The normalized spacial score (nSPS) is 10.2. The Kier molecular flexibility index (Phi) is 4.60. The largest absolute Gasteiger partial charge is 0.306 e. The zero-order valence-corrected chi connectivity index (χ0v) is 14.0. The van der Waals surface area contributed by atoms with Crippen molar-refractivity contribution in [3.05, 3.63) is 76.6 Å². The Balaban J connectivity index is 2.43. The van der Waals surface area contributed by atoms with Crippen molar-refractivity contribution in [2.24, 2.45) is 5.84 Å². The van der Waals surface area contributed by atoms with E-state index in [0.717, 1.165) is 4.79 Å². The first-order valence-corrected chi connectivity index (χ1v) is 7.78. The summed E-state index contributed by atoms with van der Waals surface area (Å²) in [5, 5.41) is 14.5. The third kappa shape index (κ3) is 2.97. The van der Waals surface area contributed by atoms with Crippen LogP contribution < -0.4 is 16.5 Å². The molecule has 0 spiro atoms. The van der Waals surface area contributed by atoms with Gasteiger partial charge in [0.25, 0.3) is 5.91 Å². The number of amides is 1. The smallest absolute Gasteiger partial charge is 0.272 e. The van der Waals surface area contributed by atoms with Crippen LogP contribution in [-0.2, 0) is 4.79 Å². The van der Waals surface area contributed by atoms with E-state index in [1.54, 1.807) is 24.3 Å². The van der Waals surface area contributed by atoms with Gasteiger partial charge in [0, 0.05) is 18.1 Å². The molecule has 3 rings (SSSR count). The van der Waals surface area contributed by atoms with Gasteiger partial charge in [0.05, 0.1) is 0 Å². The molecule has 128 valence electrons. The quantitative estimate of drug-likeness (QED) is 0.443. The second-order valence-electron chi connectivity index (χ2n) is 5.50. The Morgan fingerprint density at radius 2 is 1.62 bits per heavy atom. The maximum Gasteiger partial charge on any atom is 0.306 e. The van der Waals surface area contributed by atoms with E-state index in [4.69, 9.17) is 5.84 Å². The van der Waals surface area contributed by atoms with Gasteiger partial charge in [-0.3, -0.25) is 9.59 Å². The molecule has 26 heavy (non-hydrogen) atoms. The van der Waals surface area contributed by atoms with Gasteiger partial charge in [0.1, 0.15) is 17.3 Å². The van der Waals surface area contributed by atoms with E-state index in [1.807, 2.05) is 42.5 Å². The monoisotopic (exact) mass is 345 g/mol. The fraction of sp³-hybridized carbons (Fsp3) is 0.0526. The topological polar surface area (TPSA) is 105 Å². The number of hydrazine groups is 1. The minimum atomic E-state index is -0.760. The minimum absolute atomic E-state index is 0.137. The number of hydrogen-bond acceptors (Lipinski definition) is 5. The van der Waals surface area contributed by atoms with E-state index >= 15 is 0 Å². The van der Waals surface area contributed by atoms with Gasteiger partial charge in [-0.25, -0.2) is 5.84 Å². The van der Waals surface area contributed by atoms with Gasteiger partial charge in [0.15, 0.2) is 0 Å². The Morgan fingerprint density at radius 1 is 1.08 bits per heavy atom. The highest BCUT2D eigenvalue weighted by Gasteiger charge is 2.22. The van der Waals surface area contributed by atoms with Gasteiger partial charge >= 0.3 is 5.56 Å². The van der Waals surface area contributed by atoms with Crippen molar-refractivity contribution in [1.29, 1.82) is 5.26 Å². The molecule has 0 saturated carbocycles. The highest BCUT2D eigenvalue weighted by atomic mass is 16.2. The van der Waals surface area contributed by atoms with Gasteiger partial charge in [-0.1, -0.05) is 60.7 Å². The average Bonchev–Trinajstić information content (AvgIpc) is 2.68. The van der Waals surface area contributed by atoms with Crippen molar-refractivity contribution >= 4 is 5.91 Å². The number of rotatable bonds is 3. The molecule has 0 bridgehead atoms. The van der Waals surface area contributed by atoms with E-state index in [0.29, 0.717) is 27.5 Å². The van der Waals surface area contributed by atoms with E-state index in [9.17, 15) is 14.9 Å². The van der Waals surface area contributed by atoms with Gasteiger partial charge in [-0.05, 0) is 5.56 Å². The van der Waals surface area contributed by atoms with E-state index < -0.39 is 11.5 Å². The summed E-state index contributed by atoms with van der Waals surface area (Å²) in [5.41, 5.74) is 1.24. The molecule has 0 fully saturated rings. The average molecular weight is 345 g/mol. The van der Waals surface area contributed by atoms with Crippen molar-refractivity contribution in [1.82, 2.24) is 9.89 Å². The SMILES string of the molecule is CC(=O)N(N)n1nc(-c2ccccc2)c(-c2ccccc2)c(C#N)c1=O. The van der Waals surface area contributed by atoms with Crippen LogP contribution in [0.5, 0.6) is 0 Å². The predicted molar refractivity (Wildman–Crippen MR) is 97.2 cm³/mol. The number of nitriles is 1. The van der Waals surface area contributed by atoms with Gasteiger partial charge < -0.3 is 0 Å². The van der Waals surface area contributed by atoms with Crippen molar-refractivity contribution < 1.29 is 4.79 Å². The van der Waals surface area contributed by atoms with E-state index in [-0.39, 0.29) is 5.56 Å². The molecule has 0 radical (unpaired) electrons. The zero-order valence-electron chi connectivity index (χ0n) is 14.0. The lowest BCUT2D eigenvalue weighted by Crippen LogP contribution is -2.52. The Morgan fingerprint density at radius 3 is 2.12 bits per heavy atom. The van der Waals surface area contributed by atoms with Gasteiger partial charge in [-0.15, -0.1) is 9.89 Å². The highest BCUT2D eigenvalue weighted by molar-refractivity contribution is 5.85. The molecular weight excluding hydrogens is 330 g/mol. The number of nitrogens with zero attached hydrogens (tertiary/aromatic N) is 4. The van der Waals surface area contributed by atoms with Crippen LogP contribution in [0.1, 0.15) is 12.5 Å². The lowest BCUT2D eigenvalue weighted by atomic mass is 9.96. The summed E-state index contributed by atoms with van der Waals surface area (Å²) in [4.78, 5) is 25.1. The minimum Gasteiger partial charge on any atom is -0.272 e. The first-order valence-electron chi connectivity index (χ1n) is 7.78. The highest BCUT2D eigenvalue weighted by Crippen LogP contribution is 2.31. The van der Waals surface area contributed by atoms with Crippen LogP contribution in [0, 0.1) is 11.3 Å². The Labute approximate surface area is 149 Å². The Hall–Kier alpha value is -3.76. The van der Waals surface area contributed by atoms with Gasteiger partial charge in [0.2, 0.25) is 0 Å². The second-order valence-corrected chi connectivity index (χ2v) is 5.50. The number of carbonyl (C=O) groups excluding carboxylic acids is 1. The van der Waals surface area contributed by atoms with Crippen LogP contribution >= 0.6 is 0 Å². The standard InChI is InChI=1S/C19H15N5O2/c1-13(25)23(21)24-19(26)16(12-20)17(14-8-4-2-5-9-14)18(22-24)15-10-6-3-7-11-15/h2-11H,21H2,1H3. The number of benzene rings is 2. The molecule has 7 heteroatoms. The second kappa shape index (κ2) is 7.01. The summed E-state index contributed by atoms with van der Waals surface area (Å²) >= 11 is 0. The molecule has 3 aromatic rings. The number of carbonyl (C=O) groups is 1. The molecule has 0 aliphatic rings. The molecule has 0 aliphatic carbocycles. The van der Waals surface area contributed by atoms with Crippen LogP contribution in [0.3, 0.4) is 0 Å². The number of aromatic nitrogens is 2. The molecular formula is C19H15N5O2. The lowest BCUT2D eigenvalue weighted by Gasteiger charge is -2.19. The summed E-state index contributed by atoms with van der Waals surface area (Å²) < 4.78 is 0. The summed E-state index contributed by atoms with van der Waals surface area (Å²) in [6.45, 7) is 1.20. The van der Waals surface area contributed by atoms with Crippen molar-refractivity contribution in [2.45, 2.75) is 6.92 Å². The zero-order chi connectivity index (χ0) is 18.7. The van der Waals surface area contributed by atoms with Crippen LogP contribution in [0.25, 0.3) is 22.4 Å². The number of nitrogens with two attached hydrogens (primary N) is 1. The predicted octanol–water partition coefficient (Wildman–Crippen LogP) is 1.81.